The van der Waals surface area contributed by atoms with Gasteiger partial charge in [0.05, 0.1) is 0 Å². The molecule has 2 rings (SSSR count). The van der Waals surface area contributed by atoms with Crippen molar-refractivity contribution in [1.82, 2.24) is 0 Å². The third-order valence-electron chi connectivity index (χ3n) is 2.89. The fourth-order valence-electron chi connectivity index (χ4n) is 1.77. The van der Waals surface area contributed by atoms with E-state index in [0.29, 0.717) is 15.8 Å². The number of hydrogen-bond donors (Lipinski definition) is 0. The Hall–Kier alpha value is -1.68. The Morgan fingerprint density at radius 3 is 2.50 bits per heavy atom. The summed E-state index contributed by atoms with van der Waals surface area (Å²) in [5.74, 6) is -0.211. The van der Waals surface area contributed by atoms with Crippen LogP contribution >= 0.6 is 15.9 Å². The lowest BCUT2D eigenvalue weighted by atomic mass is 10.1. The van der Waals surface area contributed by atoms with Gasteiger partial charge in [0.15, 0.2) is 12.4 Å². The number of ether oxygens (including phenoxy) is 1. The van der Waals surface area contributed by atoms with E-state index in [2.05, 4.69) is 22.9 Å². The summed E-state index contributed by atoms with van der Waals surface area (Å²) >= 11 is 3.18. The van der Waals surface area contributed by atoms with Crippen LogP contribution in [0.15, 0.2) is 46.9 Å². The predicted molar refractivity (Wildman–Crippen MR) is 79.7 cm³/mol. The summed E-state index contributed by atoms with van der Waals surface area (Å²) in [6.07, 6.45) is 0.933. The fraction of sp³-hybridized carbons (Fsp3) is 0.188. The molecule has 0 radical (unpaired) electrons. The fourth-order valence-corrected chi connectivity index (χ4v) is 2.21. The molecule has 0 saturated carbocycles. The summed E-state index contributed by atoms with van der Waals surface area (Å²) in [5.41, 5.74) is 1.77. The van der Waals surface area contributed by atoms with Gasteiger partial charge in [-0.1, -0.05) is 47.1 Å². The lowest BCUT2D eigenvalue weighted by molar-refractivity contribution is 0.0921. The average molecular weight is 337 g/mol. The molecule has 0 aromatic heterocycles. The van der Waals surface area contributed by atoms with Gasteiger partial charge in [-0.2, -0.15) is 0 Å². The highest BCUT2D eigenvalue weighted by Gasteiger charge is 2.08. The minimum Gasteiger partial charge on any atom is -0.485 e. The van der Waals surface area contributed by atoms with Crippen molar-refractivity contribution in [3.8, 4) is 5.75 Å². The summed E-state index contributed by atoms with van der Waals surface area (Å²) in [5, 5.41) is 0. The summed E-state index contributed by atoms with van der Waals surface area (Å²) in [4.78, 5) is 12.0. The molecule has 0 saturated heterocycles. The van der Waals surface area contributed by atoms with E-state index in [4.69, 9.17) is 4.74 Å². The Morgan fingerprint density at radius 2 is 1.90 bits per heavy atom. The van der Waals surface area contributed by atoms with Crippen LogP contribution in [0.2, 0.25) is 0 Å². The van der Waals surface area contributed by atoms with Crippen LogP contribution in [-0.4, -0.2) is 12.4 Å². The van der Waals surface area contributed by atoms with Crippen molar-refractivity contribution in [2.24, 2.45) is 0 Å². The number of halogens is 2. The molecule has 20 heavy (non-hydrogen) atoms. The molecule has 2 aromatic rings. The number of benzene rings is 2. The molecule has 0 aliphatic rings. The number of Topliss-reactive ketones (excluding diaryl/α,β-unsaturated/α-hetero) is 1. The number of aryl methyl sites for hydroxylation is 1. The van der Waals surface area contributed by atoms with Gasteiger partial charge in [0.25, 0.3) is 0 Å². The zero-order valence-corrected chi connectivity index (χ0v) is 12.6. The maximum Gasteiger partial charge on any atom is 0.200 e. The van der Waals surface area contributed by atoms with E-state index in [9.17, 15) is 9.18 Å². The second-order valence-electron chi connectivity index (χ2n) is 4.37. The first-order chi connectivity index (χ1) is 9.58. The number of ketones is 1. The van der Waals surface area contributed by atoms with E-state index >= 15 is 0 Å². The second kappa shape index (κ2) is 6.66. The van der Waals surface area contributed by atoms with Crippen LogP contribution in [0.25, 0.3) is 0 Å². The Kier molecular flexibility index (Phi) is 4.90. The third kappa shape index (κ3) is 3.90. The molecule has 0 spiro atoms. The molecule has 0 atom stereocenters. The van der Waals surface area contributed by atoms with Crippen molar-refractivity contribution in [3.63, 3.8) is 0 Å². The van der Waals surface area contributed by atoms with E-state index in [0.717, 1.165) is 6.42 Å². The number of carbonyl (C=O) groups is 1. The Labute approximate surface area is 125 Å². The van der Waals surface area contributed by atoms with Crippen LogP contribution < -0.4 is 4.74 Å². The third-order valence-corrected chi connectivity index (χ3v) is 3.35. The zero-order valence-electron chi connectivity index (χ0n) is 11.0. The molecule has 0 unspecified atom stereocenters. The van der Waals surface area contributed by atoms with Crippen LogP contribution in [0, 0.1) is 5.82 Å². The van der Waals surface area contributed by atoms with Crippen LogP contribution in [0.4, 0.5) is 4.39 Å². The molecule has 2 nitrogen and oxygen atoms in total. The molecule has 0 aliphatic heterocycles. The lowest BCUT2D eigenvalue weighted by Crippen LogP contribution is -2.11. The first-order valence-corrected chi connectivity index (χ1v) is 7.09. The van der Waals surface area contributed by atoms with Gasteiger partial charge in [-0.15, -0.1) is 0 Å². The van der Waals surface area contributed by atoms with Gasteiger partial charge in [-0.05, 0) is 24.1 Å². The van der Waals surface area contributed by atoms with Crippen LogP contribution in [0.5, 0.6) is 5.75 Å². The summed E-state index contributed by atoms with van der Waals surface area (Å²) in [7, 11) is 0. The molecule has 0 N–H and O–H groups in total. The Balaban J connectivity index is 2.00. The highest BCUT2D eigenvalue weighted by atomic mass is 79.9. The minimum absolute atomic E-state index is 0.110. The maximum atomic E-state index is 13.2. The van der Waals surface area contributed by atoms with Gasteiger partial charge in [0, 0.05) is 16.1 Å². The van der Waals surface area contributed by atoms with Crippen molar-refractivity contribution in [3.05, 3.63) is 63.9 Å². The number of rotatable bonds is 5. The van der Waals surface area contributed by atoms with E-state index in [1.165, 1.54) is 17.7 Å². The first kappa shape index (κ1) is 14.7. The monoisotopic (exact) mass is 336 g/mol. The van der Waals surface area contributed by atoms with Crippen LogP contribution in [0.3, 0.4) is 0 Å². The summed E-state index contributed by atoms with van der Waals surface area (Å²) in [6.45, 7) is 1.95. The summed E-state index contributed by atoms with van der Waals surface area (Å²) < 4.78 is 19.1. The van der Waals surface area contributed by atoms with Gasteiger partial charge in [-0.25, -0.2) is 4.39 Å². The second-order valence-corrected chi connectivity index (χ2v) is 5.28. The van der Waals surface area contributed by atoms with Gasteiger partial charge in [0.2, 0.25) is 0 Å². The molecule has 0 amide bonds. The van der Waals surface area contributed by atoms with E-state index < -0.39 is 5.82 Å². The Morgan fingerprint density at radius 1 is 1.20 bits per heavy atom. The molecule has 4 heteroatoms. The van der Waals surface area contributed by atoms with Gasteiger partial charge < -0.3 is 4.74 Å². The maximum absolute atomic E-state index is 13.2. The van der Waals surface area contributed by atoms with Gasteiger partial charge >= 0.3 is 0 Å². The van der Waals surface area contributed by atoms with Gasteiger partial charge in [-0.3, -0.25) is 4.79 Å². The van der Waals surface area contributed by atoms with Crippen molar-refractivity contribution >= 4 is 21.7 Å². The highest BCUT2D eigenvalue weighted by Crippen LogP contribution is 2.20. The SMILES string of the molecule is CCc1ccc(C(=O)COc2cc(F)cc(Br)c2)cc1. The van der Waals surface area contributed by atoms with Crippen molar-refractivity contribution < 1.29 is 13.9 Å². The number of carbonyl (C=O) groups excluding carboxylic acids is 1. The lowest BCUT2D eigenvalue weighted by Gasteiger charge is -2.07. The Bertz CT molecular complexity index is 588. The largest absolute Gasteiger partial charge is 0.485 e. The van der Waals surface area contributed by atoms with Crippen LogP contribution in [0.1, 0.15) is 22.8 Å². The molecule has 0 bridgehead atoms. The molecule has 104 valence electrons. The quantitative estimate of drug-likeness (QED) is 0.756. The molecular weight excluding hydrogens is 323 g/mol. The molecule has 0 fully saturated rings. The molecule has 2 aromatic carbocycles. The first-order valence-electron chi connectivity index (χ1n) is 6.29. The predicted octanol–water partition coefficient (Wildman–Crippen LogP) is 4.41. The van der Waals surface area contributed by atoms with E-state index in [-0.39, 0.29) is 12.4 Å². The summed E-state index contributed by atoms with van der Waals surface area (Å²) in [6, 6.07) is 11.6. The van der Waals surface area contributed by atoms with Crippen molar-refractivity contribution in [2.45, 2.75) is 13.3 Å². The normalized spacial score (nSPS) is 10.3. The zero-order chi connectivity index (χ0) is 14.5. The highest BCUT2D eigenvalue weighted by molar-refractivity contribution is 9.10. The van der Waals surface area contributed by atoms with Crippen LogP contribution in [-0.2, 0) is 6.42 Å². The molecule has 0 aliphatic carbocycles. The topological polar surface area (TPSA) is 26.3 Å². The average Bonchev–Trinajstić information content (AvgIpc) is 2.44. The molecular formula is C16H14BrFO2. The van der Waals surface area contributed by atoms with Crippen molar-refractivity contribution in [1.29, 1.82) is 0 Å². The molecule has 0 heterocycles. The van der Waals surface area contributed by atoms with E-state index in [1.807, 2.05) is 12.1 Å². The van der Waals surface area contributed by atoms with Crippen molar-refractivity contribution in [2.75, 3.05) is 6.61 Å². The smallest absolute Gasteiger partial charge is 0.200 e. The number of hydrogen-bond acceptors (Lipinski definition) is 2. The van der Waals surface area contributed by atoms with E-state index in [1.54, 1.807) is 18.2 Å². The minimum atomic E-state index is -0.408. The standard InChI is InChI=1S/C16H14BrFO2/c1-2-11-3-5-12(6-4-11)16(19)10-20-15-8-13(17)7-14(18)9-15/h3-9H,2,10H2,1H3. The van der Waals surface area contributed by atoms with Gasteiger partial charge in [0.1, 0.15) is 11.6 Å².